The fourth-order valence-electron chi connectivity index (χ4n) is 3.24. The number of nitriles is 1. The van der Waals surface area contributed by atoms with Gasteiger partial charge < -0.3 is 15.2 Å². The molecule has 1 aromatic carbocycles. The van der Waals surface area contributed by atoms with E-state index in [1.807, 2.05) is 28.7 Å². The molecule has 0 unspecified atom stereocenters. The van der Waals surface area contributed by atoms with Crippen LogP contribution in [0.5, 0.6) is 5.75 Å². The van der Waals surface area contributed by atoms with E-state index in [1.54, 1.807) is 19.1 Å². The van der Waals surface area contributed by atoms with Crippen LogP contribution in [-0.2, 0) is 22.4 Å². The number of amides is 1. The smallest absolute Gasteiger partial charge is 0.341 e. The van der Waals surface area contributed by atoms with E-state index in [-0.39, 0.29) is 17.9 Å². The summed E-state index contributed by atoms with van der Waals surface area (Å²) in [6.07, 6.45) is 4.96. The first kappa shape index (κ1) is 22.8. The van der Waals surface area contributed by atoms with Gasteiger partial charge in [0.05, 0.1) is 15.7 Å². The van der Waals surface area contributed by atoms with Crippen LogP contribution in [0.1, 0.15) is 46.1 Å². The summed E-state index contributed by atoms with van der Waals surface area (Å²) < 4.78 is 6.49. The van der Waals surface area contributed by atoms with Crippen LogP contribution < -0.4 is 5.32 Å². The number of fused-ring (bicyclic) bond motifs is 1. The monoisotopic (exact) mass is 600 g/mol. The molecule has 0 atom stereocenters. The van der Waals surface area contributed by atoms with E-state index in [0.717, 1.165) is 36.1 Å². The Morgan fingerprint density at radius 2 is 2.13 bits per heavy atom. The van der Waals surface area contributed by atoms with Gasteiger partial charge in [0.25, 0.3) is 5.91 Å². The molecule has 1 heterocycles. The molecule has 156 valence electrons. The number of thiophene rings is 1. The Morgan fingerprint density at radius 3 is 2.83 bits per heavy atom. The molecule has 0 fully saturated rings. The molecule has 9 heteroatoms. The highest BCUT2D eigenvalue weighted by Gasteiger charge is 2.27. The minimum atomic E-state index is -0.643. The van der Waals surface area contributed by atoms with E-state index in [9.17, 15) is 20.0 Å². The molecule has 0 saturated carbocycles. The van der Waals surface area contributed by atoms with Gasteiger partial charge in [0, 0.05) is 14.9 Å². The number of carbonyl (C=O) groups is 2. The number of phenols is 1. The number of hydrogen-bond acceptors (Lipinski definition) is 6. The lowest BCUT2D eigenvalue weighted by molar-refractivity contribution is -0.112. The molecule has 6 nitrogen and oxygen atoms in total. The first-order valence-corrected chi connectivity index (χ1v) is 12.0. The molecule has 0 spiro atoms. The summed E-state index contributed by atoms with van der Waals surface area (Å²) in [7, 11) is 0. The number of aryl methyl sites for hydroxylation is 1. The number of anilines is 1. The van der Waals surface area contributed by atoms with Gasteiger partial charge in [-0.25, -0.2) is 4.79 Å². The number of nitrogens with zero attached hydrogens (tertiary/aromatic N) is 1. The van der Waals surface area contributed by atoms with Crippen molar-refractivity contribution in [2.24, 2.45) is 0 Å². The van der Waals surface area contributed by atoms with Crippen LogP contribution in [0.2, 0.25) is 0 Å². The molecule has 1 amide bonds. The zero-order chi connectivity index (χ0) is 21.8. The fourth-order valence-corrected chi connectivity index (χ4v) is 6.07. The van der Waals surface area contributed by atoms with Crippen LogP contribution in [0.3, 0.4) is 0 Å². The van der Waals surface area contributed by atoms with Crippen LogP contribution in [0, 0.1) is 14.9 Å². The predicted octanol–water partition coefficient (Wildman–Crippen LogP) is 5.42. The Hall–Kier alpha value is -1.90. The number of rotatable bonds is 5. The largest absolute Gasteiger partial charge is 0.506 e. The van der Waals surface area contributed by atoms with Crippen molar-refractivity contribution in [1.29, 1.82) is 5.26 Å². The van der Waals surface area contributed by atoms with Gasteiger partial charge in [-0.3, -0.25) is 4.79 Å². The number of esters is 1. The lowest BCUT2D eigenvalue weighted by Crippen LogP contribution is -2.16. The van der Waals surface area contributed by atoms with Gasteiger partial charge in [0.1, 0.15) is 22.4 Å². The molecule has 0 bridgehead atoms. The van der Waals surface area contributed by atoms with Crippen LogP contribution >= 0.6 is 49.9 Å². The number of carbonyl (C=O) groups excluding carboxylic acids is 2. The zero-order valence-electron chi connectivity index (χ0n) is 16.1. The number of halogens is 2. The second-order valence-electron chi connectivity index (χ2n) is 6.58. The van der Waals surface area contributed by atoms with Crippen molar-refractivity contribution in [3.8, 4) is 11.8 Å². The van der Waals surface area contributed by atoms with Gasteiger partial charge in [-0.15, -0.1) is 11.3 Å². The normalized spacial score (nSPS) is 13.3. The van der Waals surface area contributed by atoms with Crippen molar-refractivity contribution in [2.45, 2.75) is 32.6 Å². The van der Waals surface area contributed by atoms with Gasteiger partial charge >= 0.3 is 5.97 Å². The fraction of sp³-hybridized carbons (Fsp3) is 0.286. The van der Waals surface area contributed by atoms with Crippen molar-refractivity contribution in [3.63, 3.8) is 0 Å². The summed E-state index contributed by atoms with van der Waals surface area (Å²) in [5.74, 6) is -1.12. The molecule has 0 aliphatic heterocycles. The van der Waals surface area contributed by atoms with E-state index >= 15 is 0 Å². The summed E-state index contributed by atoms with van der Waals surface area (Å²) in [4.78, 5) is 26.4. The van der Waals surface area contributed by atoms with Crippen molar-refractivity contribution in [3.05, 3.63) is 47.3 Å². The molecule has 0 radical (unpaired) electrons. The Kier molecular flexibility index (Phi) is 7.55. The molecule has 3 rings (SSSR count). The topological polar surface area (TPSA) is 99.4 Å². The second kappa shape index (κ2) is 9.94. The lowest BCUT2D eigenvalue weighted by atomic mass is 9.95. The average molecular weight is 601 g/mol. The van der Waals surface area contributed by atoms with Gasteiger partial charge in [-0.1, -0.05) is 15.9 Å². The molecule has 1 aliphatic rings. The quantitative estimate of drug-likeness (QED) is 0.207. The Labute approximate surface area is 200 Å². The zero-order valence-corrected chi connectivity index (χ0v) is 20.6. The molecular formula is C21H18BrIN2O4S. The molecule has 2 N–H and O–H groups in total. The first-order valence-electron chi connectivity index (χ1n) is 9.28. The maximum Gasteiger partial charge on any atom is 0.341 e. The Morgan fingerprint density at radius 1 is 1.40 bits per heavy atom. The van der Waals surface area contributed by atoms with Crippen molar-refractivity contribution in [1.82, 2.24) is 0 Å². The maximum absolute atomic E-state index is 12.8. The SMILES string of the molecule is CCOC(=O)c1c(NC(=O)/C(C#N)=C/c2cc(Br)cc(I)c2O)sc2c1CCCC2. The van der Waals surface area contributed by atoms with Gasteiger partial charge in [0.2, 0.25) is 0 Å². The third kappa shape index (κ3) is 4.87. The first-order chi connectivity index (χ1) is 14.3. The Balaban J connectivity index is 1.96. The number of hydrogen-bond donors (Lipinski definition) is 2. The number of aromatic hydroxyl groups is 1. The van der Waals surface area contributed by atoms with Crippen LogP contribution in [-0.4, -0.2) is 23.6 Å². The highest BCUT2D eigenvalue weighted by Crippen LogP contribution is 2.39. The third-order valence-corrected chi connectivity index (χ3v) is 7.09. The van der Waals surface area contributed by atoms with E-state index < -0.39 is 11.9 Å². The molecule has 30 heavy (non-hydrogen) atoms. The summed E-state index contributed by atoms with van der Waals surface area (Å²) in [6.45, 7) is 1.97. The predicted molar refractivity (Wildman–Crippen MR) is 128 cm³/mol. The van der Waals surface area contributed by atoms with E-state index in [1.165, 1.54) is 17.4 Å². The van der Waals surface area contributed by atoms with Gasteiger partial charge in [-0.05, 0) is 79.0 Å². The third-order valence-electron chi connectivity index (χ3n) is 4.60. The lowest BCUT2D eigenvalue weighted by Gasteiger charge is -2.12. The van der Waals surface area contributed by atoms with Crippen LogP contribution in [0.15, 0.2) is 22.2 Å². The highest BCUT2D eigenvalue weighted by molar-refractivity contribution is 14.1. The van der Waals surface area contributed by atoms with Gasteiger partial charge in [-0.2, -0.15) is 5.26 Å². The van der Waals surface area contributed by atoms with E-state index in [0.29, 0.717) is 24.2 Å². The maximum atomic E-state index is 12.8. The minimum absolute atomic E-state index is 0.0156. The Bertz CT molecular complexity index is 1090. The van der Waals surface area contributed by atoms with Crippen LogP contribution in [0.4, 0.5) is 5.00 Å². The standard InChI is InChI=1S/C21H18BrIN2O4S/c1-2-29-21(28)17-14-5-3-4-6-16(14)30-20(17)25-19(27)12(10-24)7-11-8-13(22)9-15(23)18(11)26/h7-9,26H,2-6H2,1H3,(H,25,27)/b12-7+. The van der Waals surface area contributed by atoms with Crippen molar-refractivity contribution >= 4 is 72.8 Å². The molecule has 0 saturated heterocycles. The second-order valence-corrected chi connectivity index (χ2v) is 9.77. The minimum Gasteiger partial charge on any atom is -0.506 e. The van der Waals surface area contributed by atoms with Crippen molar-refractivity contribution < 1.29 is 19.4 Å². The van der Waals surface area contributed by atoms with Gasteiger partial charge in [0.15, 0.2) is 0 Å². The number of benzene rings is 1. The number of ether oxygens (including phenoxy) is 1. The summed E-state index contributed by atoms with van der Waals surface area (Å²) in [5, 5.41) is 22.9. The number of nitrogens with one attached hydrogen (secondary N) is 1. The van der Waals surface area contributed by atoms with E-state index in [2.05, 4.69) is 21.2 Å². The molecule has 1 aliphatic carbocycles. The van der Waals surface area contributed by atoms with E-state index in [4.69, 9.17) is 4.74 Å². The highest BCUT2D eigenvalue weighted by atomic mass is 127. The van der Waals surface area contributed by atoms with Crippen molar-refractivity contribution in [2.75, 3.05) is 11.9 Å². The molecular weight excluding hydrogens is 583 g/mol. The number of phenolic OH excluding ortho intramolecular Hbond substituents is 1. The average Bonchev–Trinajstić information content (AvgIpc) is 3.07. The molecule has 1 aromatic heterocycles. The summed E-state index contributed by atoms with van der Waals surface area (Å²) in [5.41, 5.74) is 1.49. The summed E-state index contributed by atoms with van der Waals surface area (Å²) >= 11 is 6.67. The summed E-state index contributed by atoms with van der Waals surface area (Å²) in [6, 6.07) is 5.23. The van der Waals surface area contributed by atoms with Crippen LogP contribution in [0.25, 0.3) is 6.08 Å². The molecule has 2 aromatic rings.